The Morgan fingerprint density at radius 3 is 1.73 bits per heavy atom. The second-order valence-corrected chi connectivity index (χ2v) is 15.2. The first kappa shape index (κ1) is 31.6. The zero-order valence-corrected chi connectivity index (χ0v) is 30.7. The van der Waals surface area contributed by atoms with Gasteiger partial charge in [-0.05, 0) is 94.4 Å². The van der Waals surface area contributed by atoms with Crippen molar-refractivity contribution in [2.24, 2.45) is 0 Å². The summed E-state index contributed by atoms with van der Waals surface area (Å²) in [6.07, 6.45) is 0. The third kappa shape index (κ3) is 5.24. The molecule has 0 N–H and O–H groups in total. The highest BCUT2D eigenvalue weighted by Crippen LogP contribution is 2.45. The minimum atomic E-state index is 1.10. The molecule has 9 aromatic carbocycles. The monoisotopic (exact) mass is 718 g/mol. The molecule has 0 aliphatic carbocycles. The Hall–Kier alpha value is -6.94. The van der Waals surface area contributed by atoms with Crippen molar-refractivity contribution < 1.29 is 0 Å². The normalized spacial score (nSPS) is 11.6. The van der Waals surface area contributed by atoms with Crippen LogP contribution in [0.25, 0.3) is 80.7 Å². The molecule has 0 aliphatic heterocycles. The highest BCUT2D eigenvalue weighted by molar-refractivity contribution is 7.26. The smallest absolute Gasteiger partial charge is 0.0562 e. The first-order valence-corrected chi connectivity index (χ1v) is 19.6. The van der Waals surface area contributed by atoms with Gasteiger partial charge in [0.1, 0.15) is 0 Å². The molecule has 0 atom stereocenters. The molecule has 0 radical (unpaired) electrons. The van der Waals surface area contributed by atoms with Crippen LogP contribution in [0.4, 0.5) is 17.1 Å². The molecule has 2 nitrogen and oxygen atoms in total. The van der Waals surface area contributed by atoms with Gasteiger partial charge in [-0.25, -0.2) is 0 Å². The van der Waals surface area contributed by atoms with E-state index >= 15 is 0 Å². The van der Waals surface area contributed by atoms with Gasteiger partial charge in [0.15, 0.2) is 0 Å². The van der Waals surface area contributed by atoms with Gasteiger partial charge in [-0.2, -0.15) is 0 Å². The van der Waals surface area contributed by atoms with E-state index in [1.165, 1.54) is 75.0 Å². The van der Waals surface area contributed by atoms with Crippen LogP contribution in [0, 0.1) is 0 Å². The van der Waals surface area contributed by atoms with E-state index in [2.05, 4.69) is 216 Å². The average molecular weight is 719 g/mol. The van der Waals surface area contributed by atoms with Gasteiger partial charge in [0.2, 0.25) is 0 Å². The number of aromatic nitrogens is 1. The second-order valence-electron chi connectivity index (χ2n) is 14.1. The zero-order valence-electron chi connectivity index (χ0n) is 29.9. The van der Waals surface area contributed by atoms with Gasteiger partial charge < -0.3 is 9.47 Å². The molecule has 0 amide bonds. The predicted molar refractivity (Wildman–Crippen MR) is 237 cm³/mol. The Labute approximate surface area is 323 Å². The quantitative estimate of drug-likeness (QED) is 0.166. The van der Waals surface area contributed by atoms with E-state index in [1.807, 2.05) is 11.3 Å². The van der Waals surface area contributed by atoms with E-state index in [4.69, 9.17) is 0 Å². The topological polar surface area (TPSA) is 8.17 Å². The fourth-order valence-electron chi connectivity index (χ4n) is 8.39. The van der Waals surface area contributed by atoms with Crippen molar-refractivity contribution in [1.29, 1.82) is 0 Å². The van der Waals surface area contributed by atoms with Crippen molar-refractivity contribution in [3.05, 3.63) is 206 Å². The summed E-state index contributed by atoms with van der Waals surface area (Å²) in [6, 6.07) is 75.1. The molecule has 0 saturated heterocycles. The van der Waals surface area contributed by atoms with Crippen LogP contribution in [0.3, 0.4) is 0 Å². The lowest BCUT2D eigenvalue weighted by Gasteiger charge is -2.27. The Bertz CT molecular complexity index is 3180. The standard InChI is InChI=1S/C52H34N2S/c1-3-12-35(13-4-1)36-24-29-41(30-25-36)53(48-19-11-20-49-51(48)45-17-7-9-18-47(45)54(49)40-14-5-2-6-15-40)42-31-26-37(27-32-42)39-23-22-38-28-33-44-43-16-8-10-21-50(43)55-52(44)46(38)34-39/h1-34H. The van der Waals surface area contributed by atoms with Crippen molar-refractivity contribution in [2.75, 3.05) is 4.90 Å². The molecule has 11 rings (SSSR count). The molecule has 3 heteroatoms. The van der Waals surface area contributed by atoms with E-state index < -0.39 is 0 Å². The van der Waals surface area contributed by atoms with E-state index in [9.17, 15) is 0 Å². The molecule has 0 saturated carbocycles. The van der Waals surface area contributed by atoms with Crippen LogP contribution in [-0.2, 0) is 0 Å². The van der Waals surface area contributed by atoms with Gasteiger partial charge in [-0.1, -0.05) is 140 Å². The van der Waals surface area contributed by atoms with Gasteiger partial charge in [0.05, 0.1) is 16.7 Å². The predicted octanol–water partition coefficient (Wildman–Crippen LogP) is 15.1. The third-order valence-corrected chi connectivity index (χ3v) is 12.2. The molecule has 55 heavy (non-hydrogen) atoms. The average Bonchev–Trinajstić information content (AvgIpc) is 3.82. The lowest BCUT2D eigenvalue weighted by Crippen LogP contribution is -2.10. The molecule has 11 aromatic rings. The van der Waals surface area contributed by atoms with Crippen LogP contribution in [0.1, 0.15) is 0 Å². The van der Waals surface area contributed by atoms with Crippen molar-refractivity contribution in [3.63, 3.8) is 0 Å². The summed E-state index contributed by atoms with van der Waals surface area (Å²) in [6.45, 7) is 0. The lowest BCUT2D eigenvalue weighted by atomic mass is 9.99. The van der Waals surface area contributed by atoms with Crippen LogP contribution in [0.5, 0.6) is 0 Å². The molecular weight excluding hydrogens is 685 g/mol. The number of rotatable bonds is 6. The van der Waals surface area contributed by atoms with Gasteiger partial charge in [-0.3, -0.25) is 0 Å². The molecular formula is C52H34N2S. The zero-order chi connectivity index (χ0) is 36.3. The Morgan fingerprint density at radius 2 is 0.964 bits per heavy atom. The molecule has 2 heterocycles. The maximum atomic E-state index is 2.42. The Kier molecular flexibility index (Phi) is 7.39. The number of hydrogen-bond acceptors (Lipinski definition) is 2. The number of benzene rings is 9. The lowest BCUT2D eigenvalue weighted by molar-refractivity contribution is 1.18. The van der Waals surface area contributed by atoms with Crippen LogP contribution >= 0.6 is 11.3 Å². The van der Waals surface area contributed by atoms with Crippen molar-refractivity contribution in [3.8, 4) is 27.9 Å². The van der Waals surface area contributed by atoms with Crippen LogP contribution in [0.2, 0.25) is 0 Å². The fraction of sp³-hybridized carbons (Fsp3) is 0. The summed E-state index contributed by atoms with van der Waals surface area (Å²) in [5.74, 6) is 0. The summed E-state index contributed by atoms with van der Waals surface area (Å²) >= 11 is 1.89. The number of para-hydroxylation sites is 2. The molecule has 258 valence electrons. The Balaban J connectivity index is 1.08. The first-order valence-electron chi connectivity index (χ1n) is 18.8. The summed E-state index contributed by atoms with van der Waals surface area (Å²) in [5.41, 5.74) is 11.7. The molecule has 0 bridgehead atoms. The summed E-state index contributed by atoms with van der Waals surface area (Å²) < 4.78 is 5.07. The van der Waals surface area contributed by atoms with Crippen molar-refractivity contribution in [2.45, 2.75) is 0 Å². The van der Waals surface area contributed by atoms with Crippen LogP contribution in [0.15, 0.2) is 206 Å². The van der Waals surface area contributed by atoms with Crippen LogP contribution in [-0.4, -0.2) is 4.57 Å². The largest absolute Gasteiger partial charge is 0.310 e. The summed E-state index contributed by atoms with van der Waals surface area (Å²) in [5, 5.41) is 7.69. The number of thiophene rings is 1. The van der Waals surface area contributed by atoms with Gasteiger partial charge >= 0.3 is 0 Å². The maximum absolute atomic E-state index is 2.42. The number of fused-ring (bicyclic) bond motifs is 8. The molecule has 2 aromatic heterocycles. The van der Waals surface area contributed by atoms with E-state index in [-0.39, 0.29) is 0 Å². The number of anilines is 3. The van der Waals surface area contributed by atoms with Gasteiger partial charge in [0, 0.05) is 53.4 Å². The highest BCUT2D eigenvalue weighted by Gasteiger charge is 2.21. The van der Waals surface area contributed by atoms with Crippen LogP contribution < -0.4 is 4.90 Å². The van der Waals surface area contributed by atoms with Gasteiger partial charge in [0.25, 0.3) is 0 Å². The molecule has 0 aliphatic rings. The maximum Gasteiger partial charge on any atom is 0.0562 e. The van der Waals surface area contributed by atoms with E-state index in [0.29, 0.717) is 0 Å². The Morgan fingerprint density at radius 1 is 0.382 bits per heavy atom. The van der Waals surface area contributed by atoms with E-state index in [0.717, 1.165) is 22.7 Å². The van der Waals surface area contributed by atoms with Crippen molar-refractivity contribution >= 4 is 81.1 Å². The third-order valence-electron chi connectivity index (χ3n) is 11.0. The van der Waals surface area contributed by atoms with Crippen molar-refractivity contribution in [1.82, 2.24) is 4.57 Å². The van der Waals surface area contributed by atoms with E-state index in [1.54, 1.807) is 0 Å². The summed E-state index contributed by atoms with van der Waals surface area (Å²) in [4.78, 5) is 2.42. The minimum Gasteiger partial charge on any atom is -0.310 e. The highest BCUT2D eigenvalue weighted by atomic mass is 32.1. The fourth-order valence-corrected chi connectivity index (χ4v) is 9.62. The molecule has 0 spiro atoms. The van der Waals surface area contributed by atoms with Gasteiger partial charge in [-0.15, -0.1) is 11.3 Å². The first-order chi connectivity index (χ1) is 27.3. The number of hydrogen-bond donors (Lipinski definition) is 0. The second kappa shape index (κ2) is 12.9. The minimum absolute atomic E-state index is 1.10. The molecule has 0 unspecified atom stereocenters. The number of nitrogens with zero attached hydrogens (tertiary/aromatic N) is 2. The SMILES string of the molecule is c1ccc(-c2ccc(N(c3ccc(-c4ccc5ccc6c7ccccc7sc6c5c4)cc3)c3cccc4c3c3ccccc3n4-c3ccccc3)cc2)cc1. The molecule has 0 fully saturated rings. The summed E-state index contributed by atoms with van der Waals surface area (Å²) in [7, 11) is 0.